The summed E-state index contributed by atoms with van der Waals surface area (Å²) < 4.78 is 2.43. The third kappa shape index (κ3) is 1.81. The molecular weight excluding hydrogens is 265 g/mol. The van der Waals surface area contributed by atoms with E-state index >= 15 is 0 Å². The molecular formula is C9H7BrClN3. The largest absolute Gasteiger partial charge is 0.222 e. The Hall–Kier alpha value is -0.870. The lowest BCUT2D eigenvalue weighted by atomic mass is 10.5. The van der Waals surface area contributed by atoms with E-state index in [9.17, 15) is 0 Å². The third-order valence-electron chi connectivity index (χ3n) is 1.77. The molecule has 2 heterocycles. The molecule has 0 aliphatic rings. The van der Waals surface area contributed by atoms with E-state index in [1.807, 2.05) is 25.1 Å². The Morgan fingerprint density at radius 2 is 2.21 bits per heavy atom. The Labute approximate surface area is 94.9 Å². The number of nitrogens with zero attached hydrogens (tertiary/aromatic N) is 3. The van der Waals surface area contributed by atoms with Crippen LogP contribution in [-0.2, 0) is 0 Å². The first-order valence-electron chi connectivity index (χ1n) is 4.01. The number of hydrogen-bond donors (Lipinski definition) is 0. The Morgan fingerprint density at radius 3 is 2.79 bits per heavy atom. The molecule has 0 N–H and O–H groups in total. The smallest absolute Gasteiger partial charge is 0.154 e. The number of aryl methyl sites for hydroxylation is 1. The fourth-order valence-corrected chi connectivity index (χ4v) is 1.55. The van der Waals surface area contributed by atoms with E-state index in [-0.39, 0.29) is 0 Å². The summed E-state index contributed by atoms with van der Waals surface area (Å²) in [5.41, 5.74) is 0.799. The molecule has 0 atom stereocenters. The maximum atomic E-state index is 5.90. The minimum Gasteiger partial charge on any atom is -0.222 e. The molecule has 2 aromatic heterocycles. The summed E-state index contributed by atoms with van der Waals surface area (Å²) in [4.78, 5) is 4.26. The fourth-order valence-electron chi connectivity index (χ4n) is 1.08. The second-order valence-corrected chi connectivity index (χ2v) is 4.05. The number of hydrogen-bond acceptors (Lipinski definition) is 2. The van der Waals surface area contributed by atoms with Crippen molar-refractivity contribution in [2.75, 3.05) is 0 Å². The molecule has 0 aliphatic carbocycles. The van der Waals surface area contributed by atoms with Crippen LogP contribution in [0.1, 0.15) is 5.69 Å². The van der Waals surface area contributed by atoms with E-state index in [0.717, 1.165) is 16.1 Å². The lowest BCUT2D eigenvalue weighted by molar-refractivity contribution is 0.829. The number of pyridine rings is 1. The van der Waals surface area contributed by atoms with Crippen LogP contribution in [0.5, 0.6) is 0 Å². The van der Waals surface area contributed by atoms with Crippen molar-refractivity contribution in [3.05, 3.63) is 39.7 Å². The van der Waals surface area contributed by atoms with E-state index in [0.29, 0.717) is 5.02 Å². The molecule has 0 radical (unpaired) electrons. The number of halogens is 2. The van der Waals surface area contributed by atoms with E-state index in [1.54, 1.807) is 10.9 Å². The summed E-state index contributed by atoms with van der Waals surface area (Å²) in [5.74, 6) is 0.745. The summed E-state index contributed by atoms with van der Waals surface area (Å²) in [6, 6.07) is 5.63. The summed E-state index contributed by atoms with van der Waals surface area (Å²) in [7, 11) is 0. The Bertz CT molecular complexity index is 447. The van der Waals surface area contributed by atoms with Crippen LogP contribution >= 0.6 is 27.5 Å². The summed E-state index contributed by atoms with van der Waals surface area (Å²) in [6.07, 6.45) is 1.74. The summed E-state index contributed by atoms with van der Waals surface area (Å²) in [5, 5.41) is 4.87. The molecule has 0 fully saturated rings. The van der Waals surface area contributed by atoms with E-state index < -0.39 is 0 Å². The highest BCUT2D eigenvalue weighted by atomic mass is 79.9. The second kappa shape index (κ2) is 3.71. The van der Waals surface area contributed by atoms with Crippen LogP contribution in [0.4, 0.5) is 0 Å². The second-order valence-electron chi connectivity index (χ2n) is 2.83. The number of aromatic nitrogens is 3. The molecule has 3 nitrogen and oxygen atoms in total. The van der Waals surface area contributed by atoms with Gasteiger partial charge >= 0.3 is 0 Å². The van der Waals surface area contributed by atoms with Crippen molar-refractivity contribution in [3.63, 3.8) is 0 Å². The highest BCUT2D eigenvalue weighted by molar-refractivity contribution is 9.10. The van der Waals surface area contributed by atoms with Crippen molar-refractivity contribution in [2.45, 2.75) is 6.92 Å². The molecule has 0 unspecified atom stereocenters. The molecule has 5 heteroatoms. The van der Waals surface area contributed by atoms with Crippen LogP contribution in [-0.4, -0.2) is 14.8 Å². The van der Waals surface area contributed by atoms with Crippen LogP contribution in [0.3, 0.4) is 0 Å². The van der Waals surface area contributed by atoms with Gasteiger partial charge in [-0.25, -0.2) is 9.67 Å². The van der Waals surface area contributed by atoms with Gasteiger partial charge in [0, 0.05) is 0 Å². The summed E-state index contributed by atoms with van der Waals surface area (Å²) >= 11 is 9.20. The van der Waals surface area contributed by atoms with E-state index in [4.69, 9.17) is 11.6 Å². The van der Waals surface area contributed by atoms with E-state index in [2.05, 4.69) is 26.0 Å². The zero-order chi connectivity index (χ0) is 10.1. The lowest BCUT2D eigenvalue weighted by Crippen LogP contribution is -1.97. The van der Waals surface area contributed by atoms with Gasteiger partial charge in [-0.1, -0.05) is 17.7 Å². The minimum absolute atomic E-state index is 0.645. The predicted molar refractivity (Wildman–Crippen MR) is 58.8 cm³/mol. The van der Waals surface area contributed by atoms with Crippen molar-refractivity contribution in [1.82, 2.24) is 14.8 Å². The molecule has 72 valence electrons. The van der Waals surface area contributed by atoms with Crippen LogP contribution in [0.15, 0.2) is 29.0 Å². The van der Waals surface area contributed by atoms with Crippen LogP contribution in [0, 0.1) is 6.92 Å². The van der Waals surface area contributed by atoms with Crippen molar-refractivity contribution < 1.29 is 0 Å². The van der Waals surface area contributed by atoms with Crippen LogP contribution < -0.4 is 0 Å². The maximum Gasteiger partial charge on any atom is 0.154 e. The molecule has 0 bridgehead atoms. The van der Waals surface area contributed by atoms with Gasteiger partial charge in [0.05, 0.1) is 16.9 Å². The fraction of sp³-hybridized carbons (Fsp3) is 0.111. The molecule has 0 saturated carbocycles. The highest BCUT2D eigenvalue weighted by Crippen LogP contribution is 2.16. The predicted octanol–water partition coefficient (Wildman–Crippen LogP) is 2.99. The average Bonchev–Trinajstić information content (AvgIpc) is 2.47. The van der Waals surface area contributed by atoms with Gasteiger partial charge in [-0.2, -0.15) is 5.10 Å². The topological polar surface area (TPSA) is 30.7 Å². The monoisotopic (exact) mass is 271 g/mol. The lowest BCUT2D eigenvalue weighted by Gasteiger charge is -1.99. The Balaban J connectivity index is 2.49. The standard InChI is InChI=1S/C9H7BrClN3/c1-6-7(11)5-14(13-6)9-4-2-3-8(10)12-9/h2-5H,1H3. The Morgan fingerprint density at radius 1 is 1.43 bits per heavy atom. The average molecular weight is 273 g/mol. The molecule has 0 aromatic carbocycles. The maximum absolute atomic E-state index is 5.90. The summed E-state index contributed by atoms with van der Waals surface area (Å²) in [6.45, 7) is 1.86. The minimum atomic E-state index is 0.645. The SMILES string of the molecule is Cc1nn(-c2cccc(Br)n2)cc1Cl. The quantitative estimate of drug-likeness (QED) is 0.747. The van der Waals surface area contributed by atoms with Crippen molar-refractivity contribution >= 4 is 27.5 Å². The molecule has 0 aliphatic heterocycles. The van der Waals surface area contributed by atoms with E-state index in [1.165, 1.54) is 0 Å². The van der Waals surface area contributed by atoms with Gasteiger partial charge in [-0.3, -0.25) is 0 Å². The van der Waals surface area contributed by atoms with Crippen LogP contribution in [0.2, 0.25) is 5.02 Å². The van der Waals surface area contributed by atoms with Gasteiger partial charge in [-0.15, -0.1) is 0 Å². The number of rotatable bonds is 1. The molecule has 2 rings (SSSR count). The first-order chi connectivity index (χ1) is 6.66. The van der Waals surface area contributed by atoms with Crippen LogP contribution in [0.25, 0.3) is 5.82 Å². The highest BCUT2D eigenvalue weighted by Gasteiger charge is 2.04. The molecule has 0 spiro atoms. The third-order valence-corrected chi connectivity index (χ3v) is 2.59. The van der Waals surface area contributed by atoms with Gasteiger partial charge in [-0.05, 0) is 35.0 Å². The zero-order valence-electron chi connectivity index (χ0n) is 7.41. The van der Waals surface area contributed by atoms with Gasteiger partial charge in [0.15, 0.2) is 5.82 Å². The van der Waals surface area contributed by atoms with Crippen molar-refractivity contribution in [1.29, 1.82) is 0 Å². The van der Waals surface area contributed by atoms with Gasteiger partial charge in [0.1, 0.15) is 4.60 Å². The van der Waals surface area contributed by atoms with Gasteiger partial charge < -0.3 is 0 Å². The van der Waals surface area contributed by atoms with Crippen molar-refractivity contribution in [2.24, 2.45) is 0 Å². The van der Waals surface area contributed by atoms with Gasteiger partial charge in [0.2, 0.25) is 0 Å². The molecule has 0 amide bonds. The molecule has 0 saturated heterocycles. The molecule has 2 aromatic rings. The Kier molecular flexibility index (Phi) is 2.56. The first kappa shape index (κ1) is 9.68. The van der Waals surface area contributed by atoms with Crippen molar-refractivity contribution in [3.8, 4) is 5.82 Å². The molecule has 14 heavy (non-hydrogen) atoms. The van der Waals surface area contributed by atoms with Gasteiger partial charge in [0.25, 0.3) is 0 Å². The zero-order valence-corrected chi connectivity index (χ0v) is 9.75. The first-order valence-corrected chi connectivity index (χ1v) is 5.18. The normalized spacial score (nSPS) is 10.5.